The Balaban J connectivity index is 2.36. The highest BCUT2D eigenvalue weighted by atomic mass is 35.5. The second-order valence-corrected chi connectivity index (χ2v) is 7.65. The molecule has 0 fully saturated rings. The SMILES string of the molecule is C/C(=N\Oc1cccc(C(F)(F)F)c1)c1cc(Cl)ccc1NS(=O)(=O)C(F)(F)F. The Bertz CT molecular complexity index is 1040. The molecular weight excluding hydrogens is 450 g/mol. The summed E-state index contributed by atoms with van der Waals surface area (Å²) >= 11 is 5.79. The van der Waals surface area contributed by atoms with Crippen molar-refractivity contribution in [1.29, 1.82) is 0 Å². The van der Waals surface area contributed by atoms with Gasteiger partial charge in [-0.25, -0.2) is 0 Å². The molecule has 158 valence electrons. The molecule has 13 heteroatoms. The van der Waals surface area contributed by atoms with Crippen LogP contribution in [0.4, 0.5) is 32.0 Å². The van der Waals surface area contributed by atoms with Gasteiger partial charge in [0, 0.05) is 10.6 Å². The Hall–Kier alpha value is -2.47. The van der Waals surface area contributed by atoms with E-state index in [0.717, 1.165) is 30.3 Å². The van der Waals surface area contributed by atoms with Crippen molar-refractivity contribution < 1.29 is 39.6 Å². The molecule has 0 heterocycles. The maximum absolute atomic E-state index is 12.7. The first-order valence-electron chi connectivity index (χ1n) is 7.48. The van der Waals surface area contributed by atoms with Gasteiger partial charge in [0.2, 0.25) is 0 Å². The van der Waals surface area contributed by atoms with Crippen LogP contribution < -0.4 is 9.56 Å². The quantitative estimate of drug-likeness (QED) is 0.368. The Morgan fingerprint density at radius 2 is 1.72 bits per heavy atom. The zero-order chi connectivity index (χ0) is 22.0. The normalized spacial score (nSPS) is 13.3. The van der Waals surface area contributed by atoms with E-state index in [1.165, 1.54) is 17.7 Å². The molecule has 0 saturated carbocycles. The molecule has 0 aromatic heterocycles. The van der Waals surface area contributed by atoms with Crippen molar-refractivity contribution >= 4 is 33.0 Å². The smallest absolute Gasteiger partial charge is 0.357 e. The van der Waals surface area contributed by atoms with Crippen molar-refractivity contribution in [3.8, 4) is 5.75 Å². The molecule has 0 unspecified atom stereocenters. The van der Waals surface area contributed by atoms with Gasteiger partial charge in [0.1, 0.15) is 0 Å². The molecule has 0 aliphatic heterocycles. The van der Waals surface area contributed by atoms with Gasteiger partial charge in [-0.05, 0) is 43.3 Å². The van der Waals surface area contributed by atoms with Crippen LogP contribution in [0.15, 0.2) is 47.6 Å². The number of oxime groups is 1. The lowest BCUT2D eigenvalue weighted by atomic mass is 10.1. The molecule has 0 radical (unpaired) electrons. The van der Waals surface area contributed by atoms with E-state index in [4.69, 9.17) is 16.4 Å². The summed E-state index contributed by atoms with van der Waals surface area (Å²) in [5.74, 6) is -0.293. The highest BCUT2D eigenvalue weighted by Crippen LogP contribution is 2.32. The summed E-state index contributed by atoms with van der Waals surface area (Å²) in [4.78, 5) is 4.90. The fraction of sp³-hybridized carbons (Fsp3) is 0.188. The van der Waals surface area contributed by atoms with Crippen LogP contribution in [0.25, 0.3) is 0 Å². The molecule has 29 heavy (non-hydrogen) atoms. The Labute approximate surface area is 166 Å². The number of alkyl halides is 6. The van der Waals surface area contributed by atoms with Gasteiger partial charge in [-0.2, -0.15) is 34.8 Å². The third-order valence-electron chi connectivity index (χ3n) is 3.37. The van der Waals surface area contributed by atoms with Crippen LogP contribution >= 0.6 is 11.6 Å². The summed E-state index contributed by atoms with van der Waals surface area (Å²) in [6.45, 7) is 1.24. The van der Waals surface area contributed by atoms with Crippen LogP contribution in [-0.4, -0.2) is 19.6 Å². The lowest BCUT2D eigenvalue weighted by molar-refractivity contribution is -0.137. The third kappa shape index (κ3) is 5.76. The maximum atomic E-state index is 12.7. The minimum atomic E-state index is -5.72. The topological polar surface area (TPSA) is 67.8 Å². The fourth-order valence-corrected chi connectivity index (χ4v) is 2.76. The second-order valence-electron chi connectivity index (χ2n) is 5.53. The zero-order valence-corrected chi connectivity index (χ0v) is 15.8. The van der Waals surface area contributed by atoms with Gasteiger partial charge in [-0.15, -0.1) is 0 Å². The monoisotopic (exact) mass is 460 g/mol. The standard InChI is InChI=1S/C16H11ClF6N2O3S/c1-9(24-28-12-4-2-3-10(7-12)15(18,19)20)13-8-11(17)5-6-14(13)25-29(26,27)16(21,22)23/h2-8,25H,1H3/b24-9+. The van der Waals surface area contributed by atoms with Crippen LogP contribution in [0.2, 0.25) is 5.02 Å². The molecule has 1 N–H and O–H groups in total. The molecule has 2 aromatic rings. The number of anilines is 1. The lowest BCUT2D eigenvalue weighted by Gasteiger charge is -2.14. The fourth-order valence-electron chi connectivity index (χ4n) is 2.01. The van der Waals surface area contributed by atoms with Crippen LogP contribution in [-0.2, 0) is 16.2 Å². The Morgan fingerprint density at radius 3 is 2.31 bits per heavy atom. The molecule has 2 aromatic carbocycles. The van der Waals surface area contributed by atoms with Gasteiger partial charge in [0.05, 0.1) is 17.0 Å². The average molecular weight is 461 g/mol. The Kier molecular flexibility index (Phi) is 6.38. The molecule has 0 saturated heterocycles. The minimum absolute atomic E-state index is 0.0450. The number of nitrogens with zero attached hydrogens (tertiary/aromatic N) is 1. The number of benzene rings is 2. The number of halogens is 7. The van der Waals surface area contributed by atoms with E-state index in [1.807, 2.05) is 0 Å². The van der Waals surface area contributed by atoms with Gasteiger partial charge in [0.25, 0.3) is 0 Å². The van der Waals surface area contributed by atoms with E-state index in [0.29, 0.717) is 6.07 Å². The van der Waals surface area contributed by atoms with Crippen molar-refractivity contribution in [2.45, 2.75) is 18.6 Å². The van der Waals surface area contributed by atoms with Crippen LogP contribution in [0.3, 0.4) is 0 Å². The van der Waals surface area contributed by atoms with Crippen LogP contribution in [0.5, 0.6) is 5.75 Å². The average Bonchev–Trinajstić information content (AvgIpc) is 2.59. The van der Waals surface area contributed by atoms with E-state index < -0.39 is 33.0 Å². The van der Waals surface area contributed by atoms with Crippen LogP contribution in [0, 0.1) is 0 Å². The van der Waals surface area contributed by atoms with Gasteiger partial charge < -0.3 is 4.84 Å². The van der Waals surface area contributed by atoms with Crippen molar-refractivity contribution in [1.82, 2.24) is 0 Å². The van der Waals surface area contributed by atoms with E-state index >= 15 is 0 Å². The van der Waals surface area contributed by atoms with Crippen molar-refractivity contribution in [3.63, 3.8) is 0 Å². The van der Waals surface area contributed by atoms with Gasteiger partial charge in [0.15, 0.2) is 5.75 Å². The maximum Gasteiger partial charge on any atom is 0.516 e. The number of sulfonamides is 1. The first kappa shape index (κ1) is 22.8. The van der Waals surface area contributed by atoms with Gasteiger partial charge in [-0.1, -0.05) is 22.8 Å². The molecule has 0 spiro atoms. The molecule has 2 rings (SSSR count). The summed E-state index contributed by atoms with van der Waals surface area (Å²) in [7, 11) is -5.72. The van der Waals surface area contributed by atoms with Crippen LogP contribution in [0.1, 0.15) is 18.1 Å². The number of rotatable bonds is 5. The molecule has 0 amide bonds. The molecule has 0 aliphatic carbocycles. The summed E-state index contributed by atoms with van der Waals surface area (Å²) in [6, 6.07) is 6.96. The minimum Gasteiger partial charge on any atom is -0.357 e. The van der Waals surface area contributed by atoms with E-state index in [-0.39, 0.29) is 22.0 Å². The highest BCUT2D eigenvalue weighted by molar-refractivity contribution is 7.93. The number of hydrogen-bond acceptors (Lipinski definition) is 4. The summed E-state index contributed by atoms with van der Waals surface area (Å²) < 4.78 is 100. The van der Waals surface area contributed by atoms with Gasteiger partial charge in [-0.3, -0.25) is 4.72 Å². The number of hydrogen-bond donors (Lipinski definition) is 1. The first-order chi connectivity index (χ1) is 13.2. The van der Waals surface area contributed by atoms with E-state index in [2.05, 4.69) is 5.16 Å². The largest absolute Gasteiger partial charge is 0.516 e. The predicted molar refractivity (Wildman–Crippen MR) is 94.3 cm³/mol. The molecule has 5 nitrogen and oxygen atoms in total. The highest BCUT2D eigenvalue weighted by Gasteiger charge is 2.46. The lowest BCUT2D eigenvalue weighted by Crippen LogP contribution is -2.30. The molecular formula is C16H11ClF6N2O3S. The van der Waals surface area contributed by atoms with E-state index in [1.54, 1.807) is 0 Å². The van der Waals surface area contributed by atoms with Gasteiger partial charge >= 0.3 is 21.7 Å². The molecule has 0 aliphatic rings. The third-order valence-corrected chi connectivity index (χ3v) is 4.70. The number of nitrogens with one attached hydrogen (secondary N) is 1. The first-order valence-corrected chi connectivity index (χ1v) is 9.35. The second kappa shape index (κ2) is 8.11. The van der Waals surface area contributed by atoms with Crippen molar-refractivity contribution in [2.75, 3.05) is 4.72 Å². The zero-order valence-electron chi connectivity index (χ0n) is 14.3. The summed E-state index contributed by atoms with van der Waals surface area (Å²) in [5, 5.41) is 3.60. The predicted octanol–water partition coefficient (Wildman–Crippen LogP) is 5.42. The summed E-state index contributed by atoms with van der Waals surface area (Å²) in [5.41, 5.74) is -7.38. The van der Waals surface area contributed by atoms with Crippen molar-refractivity contribution in [2.24, 2.45) is 5.16 Å². The van der Waals surface area contributed by atoms with E-state index in [9.17, 15) is 34.8 Å². The molecule has 0 bridgehead atoms. The summed E-state index contributed by atoms with van der Waals surface area (Å²) in [6.07, 6.45) is -4.62. The molecule has 0 atom stereocenters. The van der Waals surface area contributed by atoms with Crippen molar-refractivity contribution in [3.05, 3.63) is 58.6 Å². The Morgan fingerprint density at radius 1 is 1.07 bits per heavy atom.